The van der Waals surface area contributed by atoms with Crippen LogP contribution in [0.4, 0.5) is 5.95 Å². The van der Waals surface area contributed by atoms with Crippen LogP contribution in [0.1, 0.15) is 27.2 Å². The lowest BCUT2D eigenvalue weighted by atomic mass is 10.2. The maximum atomic E-state index is 12.1. The summed E-state index contributed by atoms with van der Waals surface area (Å²) in [5.41, 5.74) is 1.01. The van der Waals surface area contributed by atoms with E-state index < -0.39 is 0 Å². The Morgan fingerprint density at radius 2 is 2.17 bits per heavy atom. The van der Waals surface area contributed by atoms with E-state index in [9.17, 15) is 4.79 Å². The highest BCUT2D eigenvalue weighted by Gasteiger charge is 2.15. The summed E-state index contributed by atoms with van der Waals surface area (Å²) in [6, 6.07) is 3.43. The molecule has 1 N–H and O–H groups in total. The highest BCUT2D eigenvalue weighted by Crippen LogP contribution is 2.20. The molecule has 124 valence electrons. The van der Waals surface area contributed by atoms with Gasteiger partial charge in [0.1, 0.15) is 10.7 Å². The van der Waals surface area contributed by atoms with E-state index in [1.54, 1.807) is 22.8 Å². The maximum absolute atomic E-state index is 12.1. The van der Waals surface area contributed by atoms with E-state index in [-0.39, 0.29) is 17.9 Å². The number of carbonyl (C=O) groups is 1. The Labute approximate surface area is 140 Å². The highest BCUT2D eigenvalue weighted by molar-refractivity contribution is 6.29. The van der Waals surface area contributed by atoms with E-state index in [0.717, 1.165) is 0 Å². The van der Waals surface area contributed by atoms with E-state index in [1.807, 2.05) is 20.8 Å². The number of nitrogens with one attached hydrogen (secondary N) is 1. The average Bonchev–Trinajstić information content (AvgIpc) is 2.75. The number of nitrogens with zero attached hydrogens (tertiary/aromatic N) is 3. The first-order chi connectivity index (χ1) is 10.8. The lowest BCUT2D eigenvalue weighted by Gasteiger charge is -2.19. The van der Waals surface area contributed by atoms with E-state index >= 15 is 0 Å². The number of anilines is 1. The van der Waals surface area contributed by atoms with Crippen LogP contribution in [0.15, 0.2) is 24.8 Å². The fourth-order valence-electron chi connectivity index (χ4n) is 2.01. The molecule has 0 radical (unpaired) electrons. The molecule has 0 aliphatic carbocycles. The van der Waals surface area contributed by atoms with E-state index in [0.29, 0.717) is 35.4 Å². The van der Waals surface area contributed by atoms with Crippen LogP contribution in [0.5, 0.6) is 0 Å². The first-order valence-corrected chi connectivity index (χ1v) is 7.75. The van der Waals surface area contributed by atoms with Crippen molar-refractivity contribution < 1.29 is 9.53 Å². The number of ether oxygens (including phenoxy) is 1. The Morgan fingerprint density at radius 1 is 1.43 bits per heavy atom. The van der Waals surface area contributed by atoms with Gasteiger partial charge in [0, 0.05) is 6.54 Å². The molecule has 2 rings (SSSR count). The zero-order chi connectivity index (χ0) is 17.0. The number of fused-ring (bicyclic) bond motifs is 1. The molecule has 23 heavy (non-hydrogen) atoms. The van der Waals surface area contributed by atoms with Crippen molar-refractivity contribution in [2.24, 2.45) is 0 Å². The van der Waals surface area contributed by atoms with Gasteiger partial charge >= 0.3 is 0 Å². The van der Waals surface area contributed by atoms with Gasteiger partial charge in [0.25, 0.3) is 0 Å². The molecule has 0 aromatic carbocycles. The lowest BCUT2D eigenvalue weighted by Crippen LogP contribution is -2.23. The van der Waals surface area contributed by atoms with Crippen LogP contribution in [0, 0.1) is 0 Å². The number of halogens is 1. The molecule has 0 aliphatic heterocycles. The van der Waals surface area contributed by atoms with E-state index in [2.05, 4.69) is 21.9 Å². The zero-order valence-electron chi connectivity index (χ0n) is 13.6. The second kappa shape index (κ2) is 7.10. The molecule has 0 atom stereocenters. The second-order valence-electron chi connectivity index (χ2n) is 6.07. The molecule has 7 heteroatoms. The molecular formula is C16H21ClN4O2. The summed E-state index contributed by atoms with van der Waals surface area (Å²) in [7, 11) is 0. The first-order valence-electron chi connectivity index (χ1n) is 7.37. The van der Waals surface area contributed by atoms with Crippen LogP contribution in [-0.2, 0) is 16.1 Å². The number of carbonyl (C=O) groups excluding carboxylic acids is 1. The second-order valence-corrected chi connectivity index (χ2v) is 6.46. The zero-order valence-corrected chi connectivity index (χ0v) is 14.4. The van der Waals surface area contributed by atoms with Crippen LogP contribution in [0.2, 0.25) is 5.15 Å². The molecule has 0 saturated carbocycles. The number of allylic oxidation sites excluding steroid dienone is 1. The van der Waals surface area contributed by atoms with Crippen LogP contribution in [0.25, 0.3) is 11.2 Å². The predicted octanol–water partition coefficient (Wildman–Crippen LogP) is 3.41. The van der Waals surface area contributed by atoms with Gasteiger partial charge in [0.2, 0.25) is 11.9 Å². The van der Waals surface area contributed by atoms with Crippen LogP contribution < -0.4 is 5.32 Å². The number of hydrogen-bond donors (Lipinski definition) is 1. The molecule has 1 amide bonds. The molecule has 2 aromatic heterocycles. The molecule has 0 saturated heterocycles. The van der Waals surface area contributed by atoms with Crippen LogP contribution in [0.3, 0.4) is 0 Å². The van der Waals surface area contributed by atoms with E-state index in [1.165, 1.54) is 0 Å². The summed E-state index contributed by atoms with van der Waals surface area (Å²) in [5, 5.41) is 3.17. The SMILES string of the molecule is C=CCn1c(NC(=O)CCOC(C)(C)C)nc2ccc(Cl)nc21. The van der Waals surface area contributed by atoms with Gasteiger partial charge in [-0.15, -0.1) is 6.58 Å². The van der Waals surface area contributed by atoms with Crippen molar-refractivity contribution >= 4 is 34.6 Å². The van der Waals surface area contributed by atoms with Crippen molar-refractivity contribution in [2.75, 3.05) is 11.9 Å². The number of amides is 1. The maximum Gasteiger partial charge on any atom is 0.229 e. The Kier molecular flexibility index (Phi) is 5.38. The lowest BCUT2D eigenvalue weighted by molar-refractivity contribution is -0.118. The third kappa shape index (κ3) is 4.77. The van der Waals surface area contributed by atoms with E-state index in [4.69, 9.17) is 16.3 Å². The molecule has 2 aromatic rings. The fraction of sp³-hybridized carbons (Fsp3) is 0.438. The van der Waals surface area contributed by atoms with Gasteiger partial charge in [-0.2, -0.15) is 0 Å². The van der Waals surface area contributed by atoms with Gasteiger partial charge < -0.3 is 4.74 Å². The number of pyridine rings is 1. The third-order valence-electron chi connectivity index (χ3n) is 2.99. The number of aromatic nitrogens is 3. The predicted molar refractivity (Wildman–Crippen MR) is 91.7 cm³/mol. The van der Waals surface area contributed by atoms with Gasteiger partial charge in [-0.1, -0.05) is 17.7 Å². The van der Waals surface area contributed by atoms with Crippen molar-refractivity contribution in [1.82, 2.24) is 14.5 Å². The third-order valence-corrected chi connectivity index (χ3v) is 3.20. The number of rotatable bonds is 6. The summed E-state index contributed by atoms with van der Waals surface area (Å²) in [6.07, 6.45) is 1.96. The summed E-state index contributed by atoms with van der Waals surface area (Å²) < 4.78 is 7.32. The first kappa shape index (κ1) is 17.4. The Hall–Kier alpha value is -1.92. The topological polar surface area (TPSA) is 69.0 Å². The largest absolute Gasteiger partial charge is 0.375 e. The normalized spacial score (nSPS) is 11.7. The Bertz CT molecular complexity index is 719. The standard InChI is InChI=1S/C16H21ClN4O2/c1-5-9-21-14-11(6-7-12(17)19-14)18-15(21)20-13(22)8-10-23-16(2,3)4/h5-7H,1,8-10H2,2-4H3,(H,18,20,22). The summed E-state index contributed by atoms with van der Waals surface area (Å²) >= 11 is 5.94. The number of hydrogen-bond acceptors (Lipinski definition) is 4. The minimum atomic E-state index is -0.267. The summed E-state index contributed by atoms with van der Waals surface area (Å²) in [6.45, 7) is 10.4. The van der Waals surface area contributed by atoms with Gasteiger partial charge in [0.15, 0.2) is 5.65 Å². The molecule has 0 spiro atoms. The summed E-state index contributed by atoms with van der Waals surface area (Å²) in [5.74, 6) is 0.261. The van der Waals surface area contributed by atoms with Crippen molar-refractivity contribution in [3.8, 4) is 0 Å². The minimum Gasteiger partial charge on any atom is -0.375 e. The smallest absolute Gasteiger partial charge is 0.229 e. The number of imidazole rings is 1. The molecule has 0 aliphatic rings. The van der Waals surface area contributed by atoms with Gasteiger partial charge in [-0.05, 0) is 32.9 Å². The van der Waals surface area contributed by atoms with Crippen molar-refractivity contribution in [3.05, 3.63) is 29.9 Å². The average molecular weight is 337 g/mol. The highest BCUT2D eigenvalue weighted by atomic mass is 35.5. The van der Waals surface area contributed by atoms with Crippen molar-refractivity contribution in [2.45, 2.75) is 39.3 Å². The van der Waals surface area contributed by atoms with Crippen molar-refractivity contribution in [1.29, 1.82) is 0 Å². The van der Waals surface area contributed by atoms with Gasteiger partial charge in [-0.3, -0.25) is 14.7 Å². The molecule has 0 bridgehead atoms. The Morgan fingerprint density at radius 3 is 2.83 bits per heavy atom. The quantitative estimate of drug-likeness (QED) is 0.648. The van der Waals surface area contributed by atoms with Gasteiger partial charge in [-0.25, -0.2) is 9.97 Å². The van der Waals surface area contributed by atoms with Gasteiger partial charge in [0.05, 0.1) is 18.6 Å². The molecular weight excluding hydrogens is 316 g/mol. The summed E-state index contributed by atoms with van der Waals surface area (Å²) in [4.78, 5) is 20.7. The Balaban J connectivity index is 2.14. The van der Waals surface area contributed by atoms with Crippen LogP contribution in [-0.4, -0.2) is 32.7 Å². The monoisotopic (exact) mass is 336 g/mol. The molecule has 2 heterocycles. The van der Waals surface area contributed by atoms with Crippen molar-refractivity contribution in [3.63, 3.8) is 0 Å². The fourth-order valence-corrected chi connectivity index (χ4v) is 2.16. The molecule has 0 unspecified atom stereocenters. The molecule has 6 nitrogen and oxygen atoms in total. The minimum absolute atomic E-state index is 0.166. The van der Waals surface area contributed by atoms with Crippen LogP contribution >= 0.6 is 11.6 Å². The molecule has 0 fully saturated rings.